The van der Waals surface area contributed by atoms with Gasteiger partial charge in [0.25, 0.3) is 0 Å². The first-order valence-electron chi connectivity index (χ1n) is 8.96. The fourth-order valence-corrected chi connectivity index (χ4v) is 3.72. The summed E-state index contributed by atoms with van der Waals surface area (Å²) in [5.41, 5.74) is -0.112. The Morgan fingerprint density at radius 2 is 1.96 bits per heavy atom. The Morgan fingerprint density at radius 1 is 1.33 bits per heavy atom. The first-order chi connectivity index (χ1) is 10.9. The summed E-state index contributed by atoms with van der Waals surface area (Å²) < 4.78 is 11.2. The number of hydrogen-bond acceptors (Lipinski definition) is 4. The van der Waals surface area contributed by atoms with Gasteiger partial charge in [-0.25, -0.2) is 0 Å². The Bertz CT molecular complexity index is 509. The third-order valence-electron chi connectivity index (χ3n) is 5.20. The number of esters is 2. The lowest BCUT2D eigenvalue weighted by molar-refractivity contribution is -0.183. The summed E-state index contributed by atoms with van der Waals surface area (Å²) in [4.78, 5) is 24.7. The fraction of sp³-hybridized carbons (Fsp3) is 0.800. The van der Waals surface area contributed by atoms with Gasteiger partial charge in [-0.1, -0.05) is 47.6 Å². The molecule has 0 spiro atoms. The van der Waals surface area contributed by atoms with Gasteiger partial charge in [-0.3, -0.25) is 9.59 Å². The van der Waals surface area contributed by atoms with Crippen molar-refractivity contribution < 1.29 is 19.1 Å². The monoisotopic (exact) mass is 336 g/mol. The molecule has 5 unspecified atom stereocenters. The van der Waals surface area contributed by atoms with Crippen molar-refractivity contribution in [1.29, 1.82) is 0 Å². The molecule has 4 heteroatoms. The van der Waals surface area contributed by atoms with Crippen LogP contribution in [0, 0.1) is 28.6 Å². The van der Waals surface area contributed by atoms with Crippen molar-refractivity contribution in [2.45, 2.75) is 73.0 Å². The van der Waals surface area contributed by atoms with Gasteiger partial charge in [0.15, 0.2) is 0 Å². The summed E-state index contributed by atoms with van der Waals surface area (Å²) in [6.07, 6.45) is 3.33. The summed E-state index contributed by atoms with van der Waals surface area (Å²) in [5, 5.41) is 0. The van der Waals surface area contributed by atoms with Crippen LogP contribution in [0.15, 0.2) is 12.7 Å². The number of ether oxygens (including phenoxy) is 2. The third-order valence-corrected chi connectivity index (χ3v) is 5.20. The zero-order valence-electron chi connectivity index (χ0n) is 15.9. The second-order valence-electron chi connectivity index (χ2n) is 9.59. The van der Waals surface area contributed by atoms with Crippen molar-refractivity contribution in [3.8, 4) is 0 Å². The average Bonchev–Trinajstić information content (AvgIpc) is 2.65. The Kier molecular flexibility index (Phi) is 5.17. The van der Waals surface area contributed by atoms with Gasteiger partial charge in [0.2, 0.25) is 0 Å². The zero-order chi connectivity index (χ0) is 18.3. The molecule has 1 saturated heterocycles. The molecule has 0 amide bonds. The summed E-state index contributed by atoms with van der Waals surface area (Å²) in [7, 11) is 0. The van der Waals surface area contributed by atoms with Crippen molar-refractivity contribution in [3.05, 3.63) is 12.7 Å². The van der Waals surface area contributed by atoms with Crippen LogP contribution in [0.5, 0.6) is 0 Å². The van der Waals surface area contributed by atoms with Crippen molar-refractivity contribution in [2.24, 2.45) is 28.6 Å². The van der Waals surface area contributed by atoms with E-state index in [1.807, 2.05) is 0 Å². The van der Waals surface area contributed by atoms with Gasteiger partial charge in [0.05, 0.1) is 11.8 Å². The second-order valence-corrected chi connectivity index (χ2v) is 9.59. The highest BCUT2D eigenvalue weighted by Gasteiger charge is 2.57. The largest absolute Gasteiger partial charge is 0.458 e. The molecule has 0 bridgehead atoms. The Hall–Kier alpha value is -1.32. The number of allylic oxidation sites excluding steroid dienone is 1. The lowest BCUT2D eigenvalue weighted by Crippen LogP contribution is -2.50. The van der Waals surface area contributed by atoms with E-state index in [1.165, 1.54) is 0 Å². The smallest absolute Gasteiger partial charge is 0.310 e. The highest BCUT2D eigenvalue weighted by Crippen LogP contribution is 2.47. The molecule has 2 aliphatic rings. The maximum absolute atomic E-state index is 12.8. The molecule has 1 saturated carbocycles. The van der Waals surface area contributed by atoms with Gasteiger partial charge < -0.3 is 9.47 Å². The molecule has 1 aliphatic carbocycles. The van der Waals surface area contributed by atoms with Crippen LogP contribution in [0.2, 0.25) is 0 Å². The molecule has 2 fully saturated rings. The molecule has 0 aromatic rings. The highest BCUT2D eigenvalue weighted by molar-refractivity contribution is 5.77. The van der Waals surface area contributed by atoms with Crippen LogP contribution < -0.4 is 0 Å². The lowest BCUT2D eigenvalue weighted by Gasteiger charge is -2.41. The number of rotatable bonds is 5. The number of carbonyl (C=O) groups is 2. The van der Waals surface area contributed by atoms with E-state index in [1.54, 1.807) is 6.08 Å². The average molecular weight is 336 g/mol. The molecule has 5 atom stereocenters. The molecule has 4 nitrogen and oxygen atoms in total. The molecule has 1 aliphatic heterocycles. The molecule has 0 aromatic carbocycles. The van der Waals surface area contributed by atoms with Crippen LogP contribution in [0.25, 0.3) is 0 Å². The predicted octanol–water partition coefficient (Wildman–Crippen LogP) is 4.13. The van der Waals surface area contributed by atoms with Gasteiger partial charge in [-0.2, -0.15) is 0 Å². The first kappa shape index (κ1) is 19.0. The Balaban J connectivity index is 2.00. The predicted molar refractivity (Wildman–Crippen MR) is 93.2 cm³/mol. The SMILES string of the molecule is C=CCC1C(=O)OC2C(OC(=O)C(CC(C)(C)C)C(C)(C)C)CC12. The van der Waals surface area contributed by atoms with E-state index in [2.05, 4.69) is 48.1 Å². The molecule has 0 radical (unpaired) electrons. The lowest BCUT2D eigenvalue weighted by atomic mass is 9.71. The van der Waals surface area contributed by atoms with E-state index in [4.69, 9.17) is 9.47 Å². The molecule has 0 aromatic heterocycles. The van der Waals surface area contributed by atoms with E-state index in [0.717, 1.165) is 6.42 Å². The van der Waals surface area contributed by atoms with Crippen LogP contribution in [-0.2, 0) is 19.1 Å². The third kappa shape index (κ3) is 4.01. The quantitative estimate of drug-likeness (QED) is 0.559. The topological polar surface area (TPSA) is 52.6 Å². The second kappa shape index (κ2) is 6.53. The maximum atomic E-state index is 12.8. The van der Waals surface area contributed by atoms with Crippen molar-refractivity contribution in [3.63, 3.8) is 0 Å². The minimum absolute atomic E-state index is 0.0496. The number of carbonyl (C=O) groups excluding carboxylic acids is 2. The van der Waals surface area contributed by atoms with Gasteiger partial charge in [0.1, 0.15) is 12.2 Å². The van der Waals surface area contributed by atoms with Gasteiger partial charge in [0, 0.05) is 5.92 Å². The summed E-state index contributed by atoms with van der Waals surface area (Å²) in [6.45, 7) is 16.3. The first-order valence-corrected chi connectivity index (χ1v) is 8.96. The van der Waals surface area contributed by atoms with E-state index in [-0.39, 0.29) is 52.7 Å². The molecule has 136 valence electrons. The molecule has 2 rings (SSSR count). The molecule has 1 heterocycles. The Labute approximate surface area is 146 Å². The van der Waals surface area contributed by atoms with Gasteiger partial charge in [-0.15, -0.1) is 6.58 Å². The minimum Gasteiger partial charge on any atom is -0.458 e. The van der Waals surface area contributed by atoms with E-state index >= 15 is 0 Å². The normalized spacial score (nSPS) is 30.8. The standard InChI is InChI=1S/C20H32O4/c1-8-9-12-13-10-15(16(13)24-17(12)21)23-18(22)14(20(5,6)7)11-19(2,3)4/h8,12-16H,1,9-11H2,2-7H3. The van der Waals surface area contributed by atoms with Crippen molar-refractivity contribution in [2.75, 3.05) is 0 Å². The fourth-order valence-electron chi connectivity index (χ4n) is 3.72. The van der Waals surface area contributed by atoms with Crippen LogP contribution in [0.1, 0.15) is 60.8 Å². The molecule has 0 N–H and O–H groups in total. The number of hydrogen-bond donors (Lipinski definition) is 0. The molecular weight excluding hydrogens is 304 g/mol. The zero-order valence-corrected chi connectivity index (χ0v) is 15.9. The summed E-state index contributed by atoms with van der Waals surface area (Å²) in [5.74, 6) is -0.452. The van der Waals surface area contributed by atoms with Gasteiger partial charge in [-0.05, 0) is 30.1 Å². The highest BCUT2D eigenvalue weighted by atomic mass is 16.6. The van der Waals surface area contributed by atoms with Crippen LogP contribution in [0.4, 0.5) is 0 Å². The number of fused-ring (bicyclic) bond motifs is 1. The molecule has 24 heavy (non-hydrogen) atoms. The molecular formula is C20H32O4. The minimum atomic E-state index is -0.286. The van der Waals surface area contributed by atoms with Crippen molar-refractivity contribution in [1.82, 2.24) is 0 Å². The van der Waals surface area contributed by atoms with E-state index < -0.39 is 0 Å². The van der Waals surface area contributed by atoms with E-state index in [9.17, 15) is 9.59 Å². The van der Waals surface area contributed by atoms with Crippen LogP contribution >= 0.6 is 0 Å². The van der Waals surface area contributed by atoms with E-state index in [0.29, 0.717) is 12.8 Å². The van der Waals surface area contributed by atoms with Gasteiger partial charge >= 0.3 is 11.9 Å². The van der Waals surface area contributed by atoms with Crippen LogP contribution in [0.3, 0.4) is 0 Å². The summed E-state index contributed by atoms with van der Waals surface area (Å²) >= 11 is 0. The maximum Gasteiger partial charge on any atom is 0.310 e. The van der Waals surface area contributed by atoms with Crippen molar-refractivity contribution >= 4 is 11.9 Å². The van der Waals surface area contributed by atoms with Crippen LogP contribution in [-0.4, -0.2) is 24.1 Å². The summed E-state index contributed by atoms with van der Waals surface area (Å²) in [6, 6.07) is 0. The Morgan fingerprint density at radius 3 is 2.46 bits per heavy atom.